The van der Waals surface area contributed by atoms with Gasteiger partial charge in [0, 0.05) is 26.2 Å². The van der Waals surface area contributed by atoms with E-state index in [0.717, 1.165) is 0 Å². The Balaban J connectivity index is 1.64. The molecule has 4 rings (SSSR count). The summed E-state index contributed by atoms with van der Waals surface area (Å²) >= 11 is 3.88. The van der Waals surface area contributed by atoms with Crippen molar-refractivity contribution in [3.05, 3.63) is 0 Å². The van der Waals surface area contributed by atoms with Crippen LogP contribution in [-0.2, 0) is 33.2 Å². The zero-order chi connectivity index (χ0) is 17.6. The summed E-state index contributed by atoms with van der Waals surface area (Å²) in [5.41, 5.74) is 0. The lowest BCUT2D eigenvalue weighted by Gasteiger charge is -2.48. The first-order valence-corrected chi connectivity index (χ1v) is 9.75. The number of fused-ring (bicyclic) bond motifs is 2. The zero-order valence-electron chi connectivity index (χ0n) is 14.8. The first-order chi connectivity index (χ1) is 12.2. The van der Waals surface area contributed by atoms with Crippen LogP contribution in [0, 0.1) is 23.7 Å². The number of hydrogen-bond acceptors (Lipinski definition) is 7. The Morgan fingerprint density at radius 3 is 2.00 bits per heavy atom. The maximum Gasteiger partial charge on any atom is 0.146 e. The van der Waals surface area contributed by atoms with Gasteiger partial charge in [0.15, 0.2) is 0 Å². The standard InChI is InChI=1S/C17H27BrO7/c1-19-5-22-14-10-8-4-9-11(10)15(25-13(9)12(8)18)17(24-7-21-3)16(14)23-6-20-2/h8-17H,4-7H2,1-3H3/t8-,9+,10-,11+,12-,13+,14-,15-,16-,17-/m1/s1. The van der Waals surface area contributed by atoms with E-state index in [1.54, 1.807) is 21.3 Å². The van der Waals surface area contributed by atoms with Gasteiger partial charge in [-0.1, -0.05) is 15.9 Å². The SMILES string of the molecule is COCO[C@H]1[C@H](OCOC)[C@H](OCOC)[C@@H]2[C@H]3C[C@@H]4[C@H](O[C@@H]1[C@@H]42)[C@@H]3Br. The van der Waals surface area contributed by atoms with Crippen LogP contribution in [0.3, 0.4) is 0 Å². The predicted octanol–water partition coefficient (Wildman–Crippen LogP) is 1.38. The highest BCUT2D eigenvalue weighted by Gasteiger charge is 2.72. The first-order valence-electron chi connectivity index (χ1n) is 8.84. The summed E-state index contributed by atoms with van der Waals surface area (Å²) in [6, 6.07) is 0. The molecule has 0 amide bonds. The number of ether oxygens (including phenoxy) is 7. The second kappa shape index (κ2) is 7.67. The Hall–Kier alpha value is 0.200. The summed E-state index contributed by atoms with van der Waals surface area (Å²) in [5, 5.41) is 0. The van der Waals surface area contributed by atoms with E-state index in [1.807, 2.05) is 0 Å². The molecule has 1 saturated heterocycles. The Morgan fingerprint density at radius 2 is 1.36 bits per heavy atom. The molecule has 144 valence electrons. The number of methoxy groups -OCH3 is 3. The molecule has 0 spiro atoms. The van der Waals surface area contributed by atoms with Gasteiger partial charge in [0.05, 0.1) is 18.3 Å². The van der Waals surface area contributed by atoms with Crippen molar-refractivity contribution in [2.24, 2.45) is 23.7 Å². The van der Waals surface area contributed by atoms with Crippen LogP contribution in [0.4, 0.5) is 0 Å². The van der Waals surface area contributed by atoms with Gasteiger partial charge in [0.25, 0.3) is 0 Å². The number of hydrogen-bond donors (Lipinski definition) is 0. The van der Waals surface area contributed by atoms with Crippen molar-refractivity contribution in [2.75, 3.05) is 41.7 Å². The second-order valence-electron chi connectivity index (χ2n) is 7.34. The highest BCUT2D eigenvalue weighted by molar-refractivity contribution is 9.09. The molecule has 4 aliphatic rings. The van der Waals surface area contributed by atoms with Gasteiger partial charge in [-0.05, 0) is 30.1 Å². The van der Waals surface area contributed by atoms with Crippen molar-refractivity contribution >= 4 is 15.9 Å². The summed E-state index contributed by atoms with van der Waals surface area (Å²) in [5.74, 6) is 1.91. The van der Waals surface area contributed by atoms with Crippen LogP contribution < -0.4 is 0 Å². The molecule has 7 nitrogen and oxygen atoms in total. The third kappa shape index (κ3) is 2.89. The largest absolute Gasteiger partial charge is 0.370 e. The van der Waals surface area contributed by atoms with E-state index in [9.17, 15) is 0 Å². The van der Waals surface area contributed by atoms with E-state index < -0.39 is 0 Å². The molecule has 2 bridgehead atoms. The van der Waals surface area contributed by atoms with Gasteiger partial charge in [0.1, 0.15) is 32.6 Å². The first kappa shape index (κ1) is 18.6. The fourth-order valence-corrected chi connectivity index (χ4v) is 6.75. The fraction of sp³-hybridized carbons (Fsp3) is 1.00. The second-order valence-corrected chi connectivity index (χ2v) is 8.40. The van der Waals surface area contributed by atoms with Gasteiger partial charge in [-0.15, -0.1) is 0 Å². The maximum atomic E-state index is 6.46. The Bertz CT molecular complexity index is 466. The van der Waals surface area contributed by atoms with Gasteiger partial charge in [-0.2, -0.15) is 0 Å². The number of alkyl halides is 1. The molecule has 3 saturated carbocycles. The van der Waals surface area contributed by atoms with Crippen molar-refractivity contribution < 1.29 is 33.2 Å². The summed E-state index contributed by atoms with van der Waals surface area (Å²) < 4.78 is 40.1. The third-order valence-corrected chi connectivity index (χ3v) is 7.50. The summed E-state index contributed by atoms with van der Waals surface area (Å²) in [6.45, 7) is 0.614. The van der Waals surface area contributed by atoms with E-state index in [1.165, 1.54) is 6.42 Å². The highest BCUT2D eigenvalue weighted by atomic mass is 79.9. The van der Waals surface area contributed by atoms with Crippen molar-refractivity contribution in [1.82, 2.24) is 0 Å². The van der Waals surface area contributed by atoms with Crippen LogP contribution in [0.2, 0.25) is 0 Å². The average Bonchev–Trinajstić information content (AvgIpc) is 3.24. The molecule has 25 heavy (non-hydrogen) atoms. The quantitative estimate of drug-likeness (QED) is 0.410. The Kier molecular flexibility index (Phi) is 5.70. The topological polar surface area (TPSA) is 64.6 Å². The summed E-state index contributed by atoms with van der Waals surface area (Å²) in [7, 11) is 4.87. The van der Waals surface area contributed by atoms with Gasteiger partial charge in [0.2, 0.25) is 0 Å². The average molecular weight is 423 g/mol. The van der Waals surface area contributed by atoms with E-state index in [4.69, 9.17) is 33.2 Å². The molecule has 3 aliphatic carbocycles. The number of rotatable bonds is 9. The van der Waals surface area contributed by atoms with Crippen molar-refractivity contribution in [3.63, 3.8) is 0 Å². The monoisotopic (exact) mass is 422 g/mol. The molecular weight excluding hydrogens is 396 g/mol. The third-order valence-electron chi connectivity index (χ3n) is 6.30. The summed E-state index contributed by atoms with van der Waals surface area (Å²) in [4.78, 5) is 0.363. The lowest BCUT2D eigenvalue weighted by Crippen LogP contribution is -2.61. The molecule has 0 radical (unpaired) electrons. The van der Waals surface area contributed by atoms with Crippen molar-refractivity contribution in [2.45, 2.75) is 41.8 Å². The van der Waals surface area contributed by atoms with Gasteiger partial charge >= 0.3 is 0 Å². The molecule has 1 heterocycles. The molecule has 10 atom stereocenters. The normalized spacial score (nSPS) is 49.9. The lowest BCUT2D eigenvalue weighted by molar-refractivity contribution is -0.262. The van der Waals surface area contributed by atoms with Gasteiger partial charge < -0.3 is 33.2 Å². The van der Waals surface area contributed by atoms with E-state index in [2.05, 4.69) is 15.9 Å². The highest BCUT2D eigenvalue weighted by Crippen LogP contribution is 2.65. The zero-order valence-corrected chi connectivity index (χ0v) is 16.4. The summed E-state index contributed by atoms with van der Waals surface area (Å²) in [6.07, 6.45) is 0.793. The predicted molar refractivity (Wildman–Crippen MR) is 90.2 cm³/mol. The molecule has 8 heteroatoms. The van der Waals surface area contributed by atoms with Gasteiger partial charge in [-0.25, -0.2) is 0 Å². The van der Waals surface area contributed by atoms with Crippen LogP contribution in [0.25, 0.3) is 0 Å². The Morgan fingerprint density at radius 1 is 0.760 bits per heavy atom. The van der Waals surface area contributed by atoms with Crippen molar-refractivity contribution in [3.8, 4) is 0 Å². The van der Waals surface area contributed by atoms with Crippen molar-refractivity contribution in [1.29, 1.82) is 0 Å². The molecule has 0 unspecified atom stereocenters. The molecule has 1 aliphatic heterocycles. The van der Waals surface area contributed by atoms with Crippen LogP contribution in [-0.4, -0.2) is 77.1 Å². The van der Waals surface area contributed by atoms with Crippen LogP contribution in [0.5, 0.6) is 0 Å². The molecule has 0 aromatic rings. The molecule has 4 fully saturated rings. The van der Waals surface area contributed by atoms with E-state index in [0.29, 0.717) is 28.5 Å². The van der Waals surface area contributed by atoms with Crippen LogP contribution >= 0.6 is 15.9 Å². The molecular formula is C17H27BrO7. The minimum absolute atomic E-state index is 0.00644. The lowest BCUT2D eigenvalue weighted by atomic mass is 9.67. The molecule has 0 aromatic carbocycles. The molecule has 0 aromatic heterocycles. The smallest absolute Gasteiger partial charge is 0.146 e. The number of halogens is 1. The van der Waals surface area contributed by atoms with Crippen LogP contribution in [0.1, 0.15) is 6.42 Å². The minimum Gasteiger partial charge on any atom is -0.370 e. The van der Waals surface area contributed by atoms with E-state index in [-0.39, 0.29) is 50.9 Å². The molecule has 0 N–H and O–H groups in total. The fourth-order valence-electron chi connectivity index (χ4n) is 5.66. The van der Waals surface area contributed by atoms with E-state index >= 15 is 0 Å². The van der Waals surface area contributed by atoms with Crippen LogP contribution in [0.15, 0.2) is 0 Å². The minimum atomic E-state index is -0.283. The Labute approximate surface area is 156 Å². The maximum absolute atomic E-state index is 6.46. The van der Waals surface area contributed by atoms with Gasteiger partial charge in [-0.3, -0.25) is 0 Å².